The number of aryl methyl sites for hydroxylation is 1. The summed E-state index contributed by atoms with van der Waals surface area (Å²) in [7, 11) is 0. The Kier molecular flexibility index (Phi) is 6.02. The highest BCUT2D eigenvalue weighted by Gasteiger charge is 2.11. The molecule has 6 nitrogen and oxygen atoms in total. The minimum atomic E-state index is -0.247. The number of hydrogen-bond donors (Lipinski definition) is 2. The zero-order valence-electron chi connectivity index (χ0n) is 13.9. The van der Waals surface area contributed by atoms with Crippen molar-refractivity contribution in [3.05, 3.63) is 42.5 Å². The SMILES string of the molecule is CCCOc1cc(C)ccc1NC(=O)NC(C)Cn1ccnc1. The monoisotopic (exact) mass is 316 g/mol. The average molecular weight is 316 g/mol. The normalized spacial score (nSPS) is 11.8. The molecular weight excluding hydrogens is 292 g/mol. The summed E-state index contributed by atoms with van der Waals surface area (Å²) in [4.78, 5) is 16.1. The van der Waals surface area contributed by atoms with Crippen molar-refractivity contribution in [3.8, 4) is 5.75 Å². The molecule has 1 heterocycles. The molecule has 0 fully saturated rings. The summed E-state index contributed by atoms with van der Waals surface area (Å²) in [6, 6.07) is 5.47. The number of aromatic nitrogens is 2. The first kappa shape index (κ1) is 16.9. The Balaban J connectivity index is 1.93. The van der Waals surface area contributed by atoms with E-state index in [0.29, 0.717) is 24.6 Å². The number of nitrogens with one attached hydrogen (secondary N) is 2. The molecule has 0 spiro atoms. The molecule has 0 aliphatic heterocycles. The Morgan fingerprint density at radius 1 is 1.43 bits per heavy atom. The molecule has 2 rings (SSSR count). The van der Waals surface area contributed by atoms with Gasteiger partial charge >= 0.3 is 6.03 Å². The minimum absolute atomic E-state index is 0.0188. The topological polar surface area (TPSA) is 68.2 Å². The van der Waals surface area contributed by atoms with Crippen LogP contribution in [0, 0.1) is 6.92 Å². The summed E-state index contributed by atoms with van der Waals surface area (Å²) in [6.45, 7) is 7.28. The number of ether oxygens (including phenoxy) is 1. The lowest BCUT2D eigenvalue weighted by atomic mass is 10.2. The van der Waals surface area contributed by atoms with Gasteiger partial charge in [-0.1, -0.05) is 13.0 Å². The molecule has 1 atom stereocenters. The highest BCUT2D eigenvalue weighted by molar-refractivity contribution is 5.91. The van der Waals surface area contributed by atoms with Crippen LogP contribution in [0.3, 0.4) is 0 Å². The van der Waals surface area contributed by atoms with Gasteiger partial charge in [-0.3, -0.25) is 0 Å². The number of benzene rings is 1. The summed E-state index contributed by atoms with van der Waals surface area (Å²) in [5.41, 5.74) is 1.77. The third kappa shape index (κ3) is 5.32. The van der Waals surface area contributed by atoms with Gasteiger partial charge in [-0.15, -0.1) is 0 Å². The zero-order chi connectivity index (χ0) is 16.7. The second-order valence-corrected chi connectivity index (χ2v) is 5.61. The predicted octanol–water partition coefficient (Wildman–Crippen LogP) is 3.19. The van der Waals surface area contributed by atoms with Crippen molar-refractivity contribution in [1.29, 1.82) is 0 Å². The van der Waals surface area contributed by atoms with Gasteiger partial charge in [-0.25, -0.2) is 9.78 Å². The molecule has 2 aromatic rings. The predicted molar refractivity (Wildman–Crippen MR) is 90.8 cm³/mol. The van der Waals surface area contributed by atoms with E-state index >= 15 is 0 Å². The van der Waals surface area contributed by atoms with Crippen molar-refractivity contribution in [3.63, 3.8) is 0 Å². The molecule has 2 N–H and O–H groups in total. The van der Waals surface area contributed by atoms with Crippen molar-refractivity contribution in [2.75, 3.05) is 11.9 Å². The highest BCUT2D eigenvalue weighted by atomic mass is 16.5. The molecule has 1 aromatic heterocycles. The molecule has 0 aliphatic carbocycles. The molecule has 0 saturated heterocycles. The van der Waals surface area contributed by atoms with Crippen LogP contribution in [-0.4, -0.2) is 28.2 Å². The molecule has 124 valence electrons. The van der Waals surface area contributed by atoms with Crippen molar-refractivity contribution < 1.29 is 9.53 Å². The van der Waals surface area contributed by atoms with Crippen LogP contribution in [0.1, 0.15) is 25.8 Å². The first-order valence-electron chi connectivity index (χ1n) is 7.85. The average Bonchev–Trinajstić information content (AvgIpc) is 3.00. The lowest BCUT2D eigenvalue weighted by molar-refractivity contribution is 0.247. The number of urea groups is 1. The Hall–Kier alpha value is -2.50. The fraction of sp³-hybridized carbons (Fsp3) is 0.412. The van der Waals surface area contributed by atoms with Crippen LogP contribution in [-0.2, 0) is 6.54 Å². The fourth-order valence-corrected chi connectivity index (χ4v) is 2.20. The summed E-state index contributed by atoms with van der Waals surface area (Å²) >= 11 is 0. The molecular formula is C17H24N4O2. The molecule has 6 heteroatoms. The lowest BCUT2D eigenvalue weighted by Crippen LogP contribution is -2.38. The number of carbonyl (C=O) groups is 1. The zero-order valence-corrected chi connectivity index (χ0v) is 13.9. The van der Waals surface area contributed by atoms with Gasteiger partial charge in [0.1, 0.15) is 5.75 Å². The molecule has 1 aromatic carbocycles. The maximum atomic E-state index is 12.2. The molecule has 0 bridgehead atoms. The van der Waals surface area contributed by atoms with Crippen LogP contribution in [0.2, 0.25) is 0 Å². The van der Waals surface area contributed by atoms with Gasteiger partial charge in [0.2, 0.25) is 0 Å². The van der Waals surface area contributed by atoms with Crippen LogP contribution in [0.5, 0.6) is 5.75 Å². The van der Waals surface area contributed by atoms with E-state index in [4.69, 9.17) is 4.74 Å². The maximum Gasteiger partial charge on any atom is 0.319 e. The van der Waals surface area contributed by atoms with Crippen LogP contribution >= 0.6 is 0 Å². The quantitative estimate of drug-likeness (QED) is 0.824. The maximum absolute atomic E-state index is 12.2. The summed E-state index contributed by atoms with van der Waals surface area (Å²) < 4.78 is 7.63. The summed E-state index contributed by atoms with van der Waals surface area (Å²) in [5, 5.41) is 5.77. The van der Waals surface area contributed by atoms with Gasteiger partial charge in [0.25, 0.3) is 0 Å². The van der Waals surface area contributed by atoms with Crippen LogP contribution in [0.15, 0.2) is 36.9 Å². The number of nitrogens with zero attached hydrogens (tertiary/aromatic N) is 2. The van der Waals surface area contributed by atoms with Gasteiger partial charge in [0, 0.05) is 25.0 Å². The third-order valence-electron chi connectivity index (χ3n) is 3.27. The van der Waals surface area contributed by atoms with E-state index in [2.05, 4.69) is 15.6 Å². The van der Waals surface area contributed by atoms with E-state index in [1.807, 2.05) is 49.7 Å². The minimum Gasteiger partial charge on any atom is -0.491 e. The number of carbonyl (C=O) groups excluding carboxylic acids is 1. The van der Waals surface area contributed by atoms with Gasteiger partial charge in [-0.2, -0.15) is 0 Å². The standard InChI is InChI=1S/C17H24N4O2/c1-4-9-23-16-10-13(2)5-6-15(16)20-17(22)19-14(3)11-21-8-7-18-12-21/h5-8,10,12,14H,4,9,11H2,1-3H3,(H2,19,20,22). The van der Waals surface area contributed by atoms with Crippen LogP contribution in [0.4, 0.5) is 10.5 Å². The molecule has 0 aliphatic rings. The van der Waals surface area contributed by atoms with Crippen molar-refractivity contribution >= 4 is 11.7 Å². The van der Waals surface area contributed by atoms with E-state index < -0.39 is 0 Å². The molecule has 1 unspecified atom stereocenters. The van der Waals surface area contributed by atoms with Gasteiger partial charge in [0.15, 0.2) is 0 Å². The first-order valence-corrected chi connectivity index (χ1v) is 7.85. The number of imidazole rings is 1. The van der Waals surface area contributed by atoms with E-state index in [0.717, 1.165) is 12.0 Å². The van der Waals surface area contributed by atoms with E-state index in [1.165, 1.54) is 0 Å². The highest BCUT2D eigenvalue weighted by Crippen LogP contribution is 2.25. The van der Waals surface area contributed by atoms with Gasteiger partial charge in [-0.05, 0) is 38.0 Å². The molecule has 0 saturated carbocycles. The molecule has 2 amide bonds. The van der Waals surface area contributed by atoms with Crippen LogP contribution in [0.25, 0.3) is 0 Å². The summed E-state index contributed by atoms with van der Waals surface area (Å²) in [5.74, 6) is 0.698. The Morgan fingerprint density at radius 2 is 2.26 bits per heavy atom. The number of amides is 2. The Morgan fingerprint density at radius 3 is 2.96 bits per heavy atom. The van der Waals surface area contributed by atoms with E-state index in [1.54, 1.807) is 12.5 Å². The Labute approximate surface area is 136 Å². The van der Waals surface area contributed by atoms with Crippen molar-refractivity contribution in [2.45, 2.75) is 39.8 Å². The lowest BCUT2D eigenvalue weighted by Gasteiger charge is -2.17. The first-order chi connectivity index (χ1) is 11.1. The second-order valence-electron chi connectivity index (χ2n) is 5.61. The van der Waals surface area contributed by atoms with Gasteiger partial charge < -0.3 is 19.9 Å². The smallest absolute Gasteiger partial charge is 0.319 e. The largest absolute Gasteiger partial charge is 0.491 e. The molecule has 23 heavy (non-hydrogen) atoms. The third-order valence-corrected chi connectivity index (χ3v) is 3.27. The number of anilines is 1. The number of rotatable bonds is 7. The van der Waals surface area contributed by atoms with Gasteiger partial charge in [0.05, 0.1) is 18.6 Å². The van der Waals surface area contributed by atoms with Crippen LogP contribution < -0.4 is 15.4 Å². The number of hydrogen-bond acceptors (Lipinski definition) is 3. The van der Waals surface area contributed by atoms with E-state index in [-0.39, 0.29) is 12.1 Å². The molecule has 0 radical (unpaired) electrons. The van der Waals surface area contributed by atoms with E-state index in [9.17, 15) is 4.79 Å². The fourth-order valence-electron chi connectivity index (χ4n) is 2.20. The second kappa shape index (κ2) is 8.22. The Bertz CT molecular complexity index is 626. The summed E-state index contributed by atoms with van der Waals surface area (Å²) in [6.07, 6.45) is 6.23. The van der Waals surface area contributed by atoms with Crippen molar-refractivity contribution in [2.24, 2.45) is 0 Å². The van der Waals surface area contributed by atoms with Crippen molar-refractivity contribution in [1.82, 2.24) is 14.9 Å².